The van der Waals surface area contributed by atoms with Crippen molar-refractivity contribution in [2.45, 2.75) is 45.4 Å². The fraction of sp³-hybridized carbons (Fsp3) is 0.119. The van der Waals surface area contributed by atoms with Gasteiger partial charge in [-0.15, -0.1) is 11.3 Å². The molecule has 8 aromatic carbocycles. The van der Waals surface area contributed by atoms with Crippen molar-refractivity contribution in [3.05, 3.63) is 222 Å². The number of allylic oxidation sites excluding steroid dienone is 4. The normalized spacial score (nSPS) is 14.8. The minimum Gasteiger partial charge on any atom is -0.310 e. The highest BCUT2D eigenvalue weighted by Gasteiger charge is 2.45. The monoisotopic (exact) mass is 801 g/mol. The molecule has 0 N–H and O–H groups in total. The Hall–Kier alpha value is -6.74. The van der Waals surface area contributed by atoms with E-state index >= 15 is 0 Å². The second-order valence-electron chi connectivity index (χ2n) is 17.8. The van der Waals surface area contributed by atoms with Gasteiger partial charge in [0.05, 0.1) is 0 Å². The van der Waals surface area contributed by atoms with Crippen LogP contribution in [-0.2, 0) is 10.8 Å². The molecule has 9 aromatic rings. The average Bonchev–Trinajstić information content (AvgIpc) is 3.85. The molecular formula is C59H47NS. The highest BCUT2D eigenvalue weighted by molar-refractivity contribution is 7.25. The van der Waals surface area contributed by atoms with E-state index in [1.165, 1.54) is 97.7 Å². The van der Waals surface area contributed by atoms with E-state index in [9.17, 15) is 0 Å². The van der Waals surface area contributed by atoms with Crippen LogP contribution in [0.25, 0.3) is 69.9 Å². The van der Waals surface area contributed by atoms with Crippen LogP contribution in [0.2, 0.25) is 0 Å². The van der Waals surface area contributed by atoms with Crippen molar-refractivity contribution in [3.8, 4) is 33.4 Å². The number of fused-ring (bicyclic) bond motifs is 11. The molecule has 1 nitrogen and oxygen atoms in total. The number of benzene rings is 8. The van der Waals surface area contributed by atoms with Gasteiger partial charge in [0.1, 0.15) is 0 Å². The smallest absolute Gasteiger partial charge is 0.0468 e. The first-order valence-corrected chi connectivity index (χ1v) is 22.2. The first-order valence-electron chi connectivity index (χ1n) is 21.4. The number of anilines is 2. The second kappa shape index (κ2) is 13.9. The summed E-state index contributed by atoms with van der Waals surface area (Å²) in [5.74, 6) is 0. The predicted molar refractivity (Wildman–Crippen MR) is 264 cm³/mol. The van der Waals surface area contributed by atoms with E-state index in [0.29, 0.717) is 0 Å². The van der Waals surface area contributed by atoms with Gasteiger partial charge in [-0.2, -0.15) is 0 Å². The summed E-state index contributed by atoms with van der Waals surface area (Å²) in [4.78, 5) is 2.41. The Morgan fingerprint density at radius 3 is 1.93 bits per heavy atom. The van der Waals surface area contributed by atoms with Gasteiger partial charge >= 0.3 is 0 Å². The van der Waals surface area contributed by atoms with Crippen LogP contribution < -0.4 is 4.90 Å². The molecule has 1 aromatic heterocycles. The molecule has 2 aliphatic carbocycles. The molecule has 1 heterocycles. The topological polar surface area (TPSA) is 3.24 Å². The summed E-state index contributed by atoms with van der Waals surface area (Å²) in [5.41, 5.74) is 18.9. The first-order chi connectivity index (χ1) is 29.6. The molecular weight excluding hydrogens is 755 g/mol. The van der Waals surface area contributed by atoms with Gasteiger partial charge in [0, 0.05) is 48.1 Å². The minimum atomic E-state index is -0.167. The Bertz CT molecular complexity index is 3330. The fourth-order valence-electron chi connectivity index (χ4n) is 10.6. The van der Waals surface area contributed by atoms with Gasteiger partial charge in [0.15, 0.2) is 0 Å². The molecule has 0 radical (unpaired) electrons. The van der Waals surface area contributed by atoms with Gasteiger partial charge in [-0.05, 0) is 139 Å². The number of hydrogen-bond acceptors (Lipinski definition) is 2. The van der Waals surface area contributed by atoms with Crippen molar-refractivity contribution >= 4 is 59.2 Å². The maximum absolute atomic E-state index is 4.24. The van der Waals surface area contributed by atoms with Crippen molar-refractivity contribution in [3.63, 3.8) is 0 Å². The van der Waals surface area contributed by atoms with Crippen molar-refractivity contribution < 1.29 is 0 Å². The number of nitrogens with zero attached hydrogens (tertiary/aromatic N) is 1. The molecule has 0 bridgehead atoms. The first kappa shape index (κ1) is 37.3. The Morgan fingerprint density at radius 2 is 1.15 bits per heavy atom. The van der Waals surface area contributed by atoms with Crippen molar-refractivity contribution in [2.24, 2.45) is 0 Å². The summed E-state index contributed by atoms with van der Waals surface area (Å²) in [6.45, 7) is 16.1. The standard InChI is InChI=1S/C59H47NS/c1-7-15-42(34-37(2)40-26-33-55-51(35-40)47-20-11-13-23-54(47)61-55)60(41-27-24-39(25-28-41)45-21-14-17-38-16-8-9-18-44(38)45)43-29-32-53-50(36-43)49-31-30-48-46-19-10-12-22-52(46)58(3,4)56(48)57(49)59(53,5)6/h7-36H,1H2,2-6H3/b37-34+,42-15+. The van der Waals surface area contributed by atoms with Crippen molar-refractivity contribution in [2.75, 3.05) is 4.90 Å². The van der Waals surface area contributed by atoms with Crippen LogP contribution in [0.5, 0.6) is 0 Å². The lowest BCUT2D eigenvalue weighted by atomic mass is 9.72. The van der Waals surface area contributed by atoms with Crippen LogP contribution >= 0.6 is 11.3 Å². The summed E-state index contributed by atoms with van der Waals surface area (Å²) >= 11 is 1.86. The van der Waals surface area contributed by atoms with Gasteiger partial charge < -0.3 is 4.90 Å². The summed E-state index contributed by atoms with van der Waals surface area (Å²) in [6.07, 6.45) is 6.40. The molecule has 0 amide bonds. The zero-order valence-corrected chi connectivity index (χ0v) is 36.2. The maximum Gasteiger partial charge on any atom is 0.0468 e. The third-order valence-corrected chi connectivity index (χ3v) is 14.7. The molecule has 0 unspecified atom stereocenters. The van der Waals surface area contributed by atoms with E-state index in [-0.39, 0.29) is 10.8 Å². The van der Waals surface area contributed by atoms with Crippen LogP contribution in [0, 0.1) is 0 Å². The molecule has 0 aliphatic heterocycles. The number of thiophene rings is 1. The van der Waals surface area contributed by atoms with Crippen LogP contribution in [0.4, 0.5) is 11.4 Å². The summed E-state index contributed by atoms with van der Waals surface area (Å²) in [7, 11) is 0. The van der Waals surface area contributed by atoms with Crippen LogP contribution in [0.1, 0.15) is 62.4 Å². The summed E-state index contributed by atoms with van der Waals surface area (Å²) in [5, 5.41) is 5.12. The second-order valence-corrected chi connectivity index (χ2v) is 18.9. The van der Waals surface area contributed by atoms with E-state index in [1.807, 2.05) is 17.4 Å². The quantitative estimate of drug-likeness (QED) is 0.145. The minimum absolute atomic E-state index is 0.0994. The zero-order valence-electron chi connectivity index (χ0n) is 35.4. The van der Waals surface area contributed by atoms with Gasteiger partial charge in [-0.1, -0.05) is 162 Å². The van der Waals surface area contributed by atoms with Gasteiger partial charge in [-0.25, -0.2) is 0 Å². The van der Waals surface area contributed by atoms with E-state index in [4.69, 9.17) is 0 Å². The Labute approximate surface area is 363 Å². The summed E-state index contributed by atoms with van der Waals surface area (Å²) < 4.78 is 2.63. The van der Waals surface area contributed by atoms with Crippen LogP contribution in [0.3, 0.4) is 0 Å². The molecule has 0 fully saturated rings. The Balaban J connectivity index is 1.07. The van der Waals surface area contributed by atoms with E-state index in [0.717, 1.165) is 17.1 Å². The highest BCUT2D eigenvalue weighted by Crippen LogP contribution is 2.59. The molecule has 0 spiro atoms. The van der Waals surface area contributed by atoms with E-state index in [2.05, 4.69) is 222 Å². The van der Waals surface area contributed by atoms with E-state index < -0.39 is 0 Å². The zero-order chi connectivity index (χ0) is 41.6. The molecule has 61 heavy (non-hydrogen) atoms. The number of rotatable bonds is 7. The SMILES string of the molecule is C=C/C=C(\C=C(/C)c1ccc2sc3ccccc3c2c1)N(c1ccc(-c2cccc3ccccc23)cc1)c1ccc2c(c1)-c1ccc3c(c1C2(C)C)C(C)(C)c1ccccc1-3. The highest BCUT2D eigenvalue weighted by atomic mass is 32.1. The molecule has 0 atom stereocenters. The summed E-state index contributed by atoms with van der Waals surface area (Å²) in [6, 6.07) is 60.9. The van der Waals surface area contributed by atoms with E-state index in [1.54, 1.807) is 0 Å². The van der Waals surface area contributed by atoms with Crippen molar-refractivity contribution in [1.82, 2.24) is 0 Å². The lowest BCUT2D eigenvalue weighted by Crippen LogP contribution is -2.24. The lowest BCUT2D eigenvalue weighted by molar-refractivity contribution is 0.601. The third kappa shape index (κ3) is 5.73. The van der Waals surface area contributed by atoms with Gasteiger partial charge in [0.25, 0.3) is 0 Å². The van der Waals surface area contributed by atoms with Crippen LogP contribution in [-0.4, -0.2) is 0 Å². The molecule has 294 valence electrons. The van der Waals surface area contributed by atoms with Gasteiger partial charge in [0.2, 0.25) is 0 Å². The Kier molecular flexibility index (Phi) is 8.50. The molecule has 2 heteroatoms. The largest absolute Gasteiger partial charge is 0.310 e. The molecule has 2 aliphatic rings. The average molecular weight is 802 g/mol. The van der Waals surface area contributed by atoms with Crippen LogP contribution in [0.15, 0.2) is 194 Å². The third-order valence-electron chi connectivity index (χ3n) is 13.5. The maximum atomic E-state index is 4.24. The predicted octanol–water partition coefficient (Wildman–Crippen LogP) is 16.8. The van der Waals surface area contributed by atoms with Crippen molar-refractivity contribution in [1.29, 1.82) is 0 Å². The fourth-order valence-corrected chi connectivity index (χ4v) is 11.7. The Morgan fingerprint density at radius 1 is 0.525 bits per heavy atom. The molecule has 0 saturated heterocycles. The molecule has 0 saturated carbocycles. The number of hydrogen-bond donors (Lipinski definition) is 0. The lowest BCUT2D eigenvalue weighted by Gasteiger charge is -2.31. The molecule has 11 rings (SSSR count). The van der Waals surface area contributed by atoms with Gasteiger partial charge in [-0.3, -0.25) is 0 Å².